The zero-order valence-electron chi connectivity index (χ0n) is 14.5. The zero-order chi connectivity index (χ0) is 19.7. The normalized spacial score (nSPS) is 10.8. The number of hydrazine groups is 1. The zero-order valence-corrected chi connectivity index (χ0v) is 15.3. The Morgan fingerprint density at radius 1 is 1.04 bits per heavy atom. The quantitative estimate of drug-likeness (QED) is 0.241. The molecule has 0 atom stereocenters. The van der Waals surface area contributed by atoms with Crippen LogP contribution in [-0.2, 0) is 0 Å². The number of hydrogen-bond acceptors (Lipinski definition) is 6. The number of benzene rings is 3. The fraction of sp³-hybridized carbons (Fsp3) is 0. The molecule has 0 saturated heterocycles. The average Bonchev–Trinajstić information content (AvgIpc) is 3.22. The van der Waals surface area contributed by atoms with Crippen molar-refractivity contribution >= 4 is 38.8 Å². The van der Waals surface area contributed by atoms with Gasteiger partial charge >= 0.3 is 0 Å². The van der Waals surface area contributed by atoms with Crippen LogP contribution in [-0.4, -0.2) is 15.8 Å². The molecule has 4 aromatic rings. The van der Waals surface area contributed by atoms with Gasteiger partial charge in [0.15, 0.2) is 0 Å². The summed E-state index contributed by atoms with van der Waals surface area (Å²) in [6.45, 7) is 0. The van der Waals surface area contributed by atoms with Crippen molar-refractivity contribution in [1.29, 1.82) is 0 Å². The molecule has 0 aliphatic carbocycles. The average molecular weight is 390 g/mol. The molecule has 1 heterocycles. The Kier molecular flexibility index (Phi) is 4.56. The monoisotopic (exact) mass is 390 g/mol. The van der Waals surface area contributed by atoms with Gasteiger partial charge in [-0.25, -0.2) is 15.8 Å². The van der Waals surface area contributed by atoms with Crippen molar-refractivity contribution in [2.45, 2.75) is 0 Å². The van der Waals surface area contributed by atoms with Crippen molar-refractivity contribution < 1.29 is 9.72 Å². The second kappa shape index (κ2) is 7.18. The lowest BCUT2D eigenvalue weighted by Crippen LogP contribution is -2.37. The third-order valence-corrected chi connectivity index (χ3v) is 5.13. The highest BCUT2D eigenvalue weighted by Gasteiger charge is 2.18. The predicted octanol–water partition coefficient (Wildman–Crippen LogP) is 4.39. The molecule has 2 N–H and O–H groups in total. The molecule has 0 radical (unpaired) electrons. The fourth-order valence-corrected chi connectivity index (χ4v) is 3.56. The van der Waals surface area contributed by atoms with E-state index in [4.69, 9.17) is 5.84 Å². The minimum Gasteiger partial charge on any atom is -0.267 e. The number of nitro groups is 1. The Morgan fingerprint density at radius 2 is 1.75 bits per heavy atom. The highest BCUT2D eigenvalue weighted by atomic mass is 32.1. The molecule has 1 amide bonds. The predicted molar refractivity (Wildman–Crippen MR) is 109 cm³/mol. The summed E-state index contributed by atoms with van der Waals surface area (Å²) in [5.41, 5.74) is 1.77. The van der Waals surface area contributed by atoms with Crippen LogP contribution < -0.4 is 10.9 Å². The maximum absolute atomic E-state index is 12.7. The van der Waals surface area contributed by atoms with Gasteiger partial charge in [-0.3, -0.25) is 14.9 Å². The molecule has 4 rings (SSSR count). The molecule has 7 nitrogen and oxygen atoms in total. The van der Waals surface area contributed by atoms with Crippen LogP contribution in [0.25, 0.3) is 22.0 Å². The Balaban J connectivity index is 1.58. The van der Waals surface area contributed by atoms with E-state index in [0.29, 0.717) is 22.0 Å². The molecule has 28 heavy (non-hydrogen) atoms. The van der Waals surface area contributed by atoms with Gasteiger partial charge in [-0.1, -0.05) is 30.3 Å². The third kappa shape index (κ3) is 3.34. The number of amides is 1. The highest BCUT2D eigenvalue weighted by molar-refractivity contribution is 7.14. The Bertz CT molecular complexity index is 1190. The Labute approximate surface area is 163 Å². The number of non-ortho nitro benzene ring substituents is 1. The van der Waals surface area contributed by atoms with E-state index >= 15 is 0 Å². The Hall–Kier alpha value is -3.62. The van der Waals surface area contributed by atoms with Crippen LogP contribution in [0.5, 0.6) is 0 Å². The maximum Gasteiger partial charge on any atom is 0.274 e. The van der Waals surface area contributed by atoms with Gasteiger partial charge in [-0.2, -0.15) is 0 Å². The summed E-state index contributed by atoms with van der Waals surface area (Å²) in [5.74, 6) is 5.65. The number of rotatable bonds is 4. The largest absolute Gasteiger partial charge is 0.274 e. The van der Waals surface area contributed by atoms with Crippen molar-refractivity contribution in [3.05, 3.63) is 87.8 Å². The number of nitrogens with zero attached hydrogens (tertiary/aromatic N) is 3. The number of thiazole rings is 1. The van der Waals surface area contributed by atoms with Gasteiger partial charge in [0.1, 0.15) is 0 Å². The molecule has 138 valence electrons. The van der Waals surface area contributed by atoms with Crippen LogP contribution in [0.1, 0.15) is 10.4 Å². The molecule has 1 aromatic heterocycles. The molecule has 0 saturated carbocycles. The first kappa shape index (κ1) is 17.8. The fourth-order valence-electron chi connectivity index (χ4n) is 2.81. The van der Waals surface area contributed by atoms with Gasteiger partial charge in [0.05, 0.1) is 10.6 Å². The van der Waals surface area contributed by atoms with Crippen LogP contribution in [0.4, 0.5) is 10.8 Å². The minimum absolute atomic E-state index is 0.00568. The lowest BCUT2D eigenvalue weighted by molar-refractivity contribution is -0.384. The number of aromatic nitrogens is 1. The van der Waals surface area contributed by atoms with Crippen molar-refractivity contribution in [2.75, 3.05) is 5.01 Å². The number of nitrogens with two attached hydrogens (primary N) is 1. The van der Waals surface area contributed by atoms with E-state index in [0.717, 1.165) is 15.8 Å². The molecular weight excluding hydrogens is 376 g/mol. The van der Waals surface area contributed by atoms with Gasteiger partial charge in [-0.15, -0.1) is 11.3 Å². The molecular formula is C20H14N4O3S. The lowest BCUT2D eigenvalue weighted by Gasteiger charge is -2.13. The van der Waals surface area contributed by atoms with Crippen molar-refractivity contribution in [2.24, 2.45) is 5.84 Å². The maximum atomic E-state index is 12.7. The second-order valence-corrected chi connectivity index (χ2v) is 6.89. The summed E-state index contributed by atoms with van der Waals surface area (Å²) in [5, 5.41) is 15.9. The Morgan fingerprint density at radius 3 is 2.46 bits per heavy atom. The van der Waals surface area contributed by atoms with E-state index in [1.165, 1.54) is 23.5 Å². The van der Waals surface area contributed by atoms with Crippen LogP contribution in [0.2, 0.25) is 0 Å². The van der Waals surface area contributed by atoms with Gasteiger partial charge in [0.25, 0.3) is 11.6 Å². The standard InChI is InChI=1S/C20H14N4O3S/c21-23(19(25)16-6-5-13-3-1-2-4-15(13)11-16)20-22-18(12-28-20)14-7-9-17(10-8-14)24(26)27/h1-12H,21H2. The van der Waals surface area contributed by atoms with E-state index in [9.17, 15) is 14.9 Å². The van der Waals surface area contributed by atoms with E-state index < -0.39 is 4.92 Å². The smallest absolute Gasteiger partial charge is 0.267 e. The minimum atomic E-state index is -0.458. The van der Waals surface area contributed by atoms with Gasteiger partial charge < -0.3 is 0 Å². The topological polar surface area (TPSA) is 102 Å². The summed E-state index contributed by atoms with van der Waals surface area (Å²) in [4.78, 5) is 27.4. The summed E-state index contributed by atoms with van der Waals surface area (Å²) in [6, 6.07) is 19.2. The molecule has 0 fully saturated rings. The van der Waals surface area contributed by atoms with Crippen LogP contribution in [0.15, 0.2) is 72.1 Å². The number of anilines is 1. The van der Waals surface area contributed by atoms with Gasteiger partial charge in [-0.05, 0) is 35.0 Å². The van der Waals surface area contributed by atoms with Gasteiger partial charge in [0.2, 0.25) is 5.13 Å². The SMILES string of the molecule is NN(C(=O)c1ccc2ccccc2c1)c1nc(-c2ccc([N+](=O)[O-])cc2)cs1. The van der Waals surface area contributed by atoms with Crippen molar-refractivity contribution in [1.82, 2.24) is 4.98 Å². The number of hydrogen-bond donors (Lipinski definition) is 1. The lowest BCUT2D eigenvalue weighted by atomic mass is 10.1. The van der Waals surface area contributed by atoms with Crippen LogP contribution >= 0.6 is 11.3 Å². The van der Waals surface area contributed by atoms with Crippen molar-refractivity contribution in [3.8, 4) is 11.3 Å². The van der Waals surface area contributed by atoms with Crippen molar-refractivity contribution in [3.63, 3.8) is 0 Å². The van der Waals surface area contributed by atoms with Crippen LogP contribution in [0.3, 0.4) is 0 Å². The van der Waals surface area contributed by atoms with Gasteiger partial charge in [0, 0.05) is 28.6 Å². The number of carbonyl (C=O) groups is 1. The molecule has 0 spiro atoms. The molecule has 0 aliphatic heterocycles. The van der Waals surface area contributed by atoms with E-state index in [1.54, 1.807) is 29.6 Å². The summed E-state index contributed by atoms with van der Waals surface area (Å²) in [6.07, 6.45) is 0. The van der Waals surface area contributed by atoms with E-state index in [2.05, 4.69) is 4.98 Å². The number of nitro benzene ring substituents is 1. The highest BCUT2D eigenvalue weighted by Crippen LogP contribution is 2.28. The molecule has 3 aromatic carbocycles. The second-order valence-electron chi connectivity index (χ2n) is 6.06. The van der Waals surface area contributed by atoms with E-state index in [1.807, 2.05) is 30.3 Å². The molecule has 0 bridgehead atoms. The molecule has 0 unspecified atom stereocenters. The summed E-state index contributed by atoms with van der Waals surface area (Å²) < 4.78 is 0. The van der Waals surface area contributed by atoms with Crippen LogP contribution in [0, 0.1) is 10.1 Å². The van der Waals surface area contributed by atoms with E-state index in [-0.39, 0.29) is 11.6 Å². The first-order valence-corrected chi connectivity index (χ1v) is 9.19. The number of carbonyl (C=O) groups excluding carboxylic acids is 1. The summed E-state index contributed by atoms with van der Waals surface area (Å²) >= 11 is 1.22. The molecule has 8 heteroatoms. The molecule has 0 aliphatic rings. The summed E-state index contributed by atoms with van der Waals surface area (Å²) in [7, 11) is 0. The first-order chi connectivity index (χ1) is 13.5. The number of fused-ring (bicyclic) bond motifs is 1. The first-order valence-electron chi connectivity index (χ1n) is 8.31. The third-order valence-electron chi connectivity index (χ3n) is 4.29.